The summed E-state index contributed by atoms with van der Waals surface area (Å²) in [6.07, 6.45) is -16.2. The van der Waals surface area contributed by atoms with Gasteiger partial charge in [0.25, 0.3) is 0 Å². The number of aliphatic hydroxyl groups excluding tert-OH is 10. The number of carbonyl (C=O) groups is 2. The van der Waals surface area contributed by atoms with Gasteiger partial charge in [-0.3, -0.25) is 0 Å². The molecule has 0 aliphatic rings. The van der Waals surface area contributed by atoms with Crippen LogP contribution in [0.2, 0.25) is 0 Å². The molecular formula is C12H22CaO14. The van der Waals surface area contributed by atoms with Gasteiger partial charge in [-0.2, -0.15) is 0 Å². The molecule has 0 aliphatic carbocycles. The summed E-state index contributed by atoms with van der Waals surface area (Å²) in [7, 11) is 0. The third-order valence-corrected chi connectivity index (χ3v) is 2.99. The van der Waals surface area contributed by atoms with Gasteiger partial charge in [-0.15, -0.1) is 0 Å². The van der Waals surface area contributed by atoms with Gasteiger partial charge in [0.05, 0.1) is 25.2 Å². The molecule has 15 heteroatoms. The van der Waals surface area contributed by atoms with Crippen molar-refractivity contribution < 1.29 is 70.9 Å². The van der Waals surface area contributed by atoms with Crippen LogP contribution in [0.5, 0.6) is 0 Å². The van der Waals surface area contributed by atoms with Gasteiger partial charge in [0.1, 0.15) is 48.8 Å². The number of rotatable bonds is 10. The molecule has 0 aliphatic heterocycles. The molecule has 0 bridgehead atoms. The summed E-state index contributed by atoms with van der Waals surface area (Å²) in [4.78, 5) is 20.0. The second kappa shape index (κ2) is 15.7. The van der Waals surface area contributed by atoms with E-state index < -0.39 is 74.0 Å². The normalized spacial score (nSPS) is 19.6. The molecule has 0 rings (SSSR count). The molecule has 0 aromatic carbocycles. The molecule has 0 unspecified atom stereocenters. The van der Waals surface area contributed by atoms with Crippen molar-refractivity contribution in [2.45, 2.75) is 48.8 Å². The summed E-state index contributed by atoms with van der Waals surface area (Å²) < 4.78 is 0. The molecule has 10 N–H and O–H groups in total. The fraction of sp³-hybridized carbons (Fsp3) is 0.833. The van der Waals surface area contributed by atoms with Crippen LogP contribution in [0.1, 0.15) is 0 Å². The van der Waals surface area contributed by atoms with E-state index in [1.54, 1.807) is 0 Å². The summed E-state index contributed by atoms with van der Waals surface area (Å²) in [6.45, 7) is -1.73. The molecule has 0 spiro atoms. The Hall–Kier alpha value is -0.200. The maximum absolute atomic E-state index is 9.98. The minimum absolute atomic E-state index is 0. The summed E-state index contributed by atoms with van der Waals surface area (Å²) in [5, 5.41) is 107. The maximum Gasteiger partial charge on any atom is 2.00 e. The Morgan fingerprint density at radius 3 is 0.963 bits per heavy atom. The first-order valence-corrected chi connectivity index (χ1v) is 6.91. The Morgan fingerprint density at radius 1 is 0.593 bits per heavy atom. The zero-order valence-electron chi connectivity index (χ0n) is 13.8. The van der Waals surface area contributed by atoms with Crippen molar-refractivity contribution >= 4 is 49.7 Å². The molecule has 0 amide bonds. The average Bonchev–Trinajstić information content (AvgIpc) is 2.62. The van der Waals surface area contributed by atoms with Crippen molar-refractivity contribution in [1.82, 2.24) is 0 Å². The van der Waals surface area contributed by atoms with E-state index >= 15 is 0 Å². The maximum atomic E-state index is 9.98. The van der Waals surface area contributed by atoms with Crippen LogP contribution in [0.4, 0.5) is 0 Å². The predicted octanol–water partition coefficient (Wildman–Crippen LogP) is -10.0. The SMILES string of the molecule is O=C([O-])[C@@H](O)[C@H](O)[C@@H](O)[C@H](O)CO.O=C([O-])[C@@H](O)[C@H](O)[C@@H](O)[C@H](O)CO.[Ca+2]. The van der Waals surface area contributed by atoms with Crippen LogP contribution in [0.15, 0.2) is 0 Å². The molecule has 8 atom stereocenters. The Labute approximate surface area is 182 Å². The van der Waals surface area contributed by atoms with Gasteiger partial charge in [0.2, 0.25) is 0 Å². The number of carboxylic acids is 2. The van der Waals surface area contributed by atoms with E-state index in [-0.39, 0.29) is 37.7 Å². The molecule has 0 saturated heterocycles. The van der Waals surface area contributed by atoms with Crippen LogP contribution in [0.25, 0.3) is 0 Å². The minimum atomic E-state index is -2.31. The largest absolute Gasteiger partial charge is 2.00 e. The van der Waals surface area contributed by atoms with Crippen LogP contribution in [0, 0.1) is 0 Å². The Balaban J connectivity index is -0.000000411. The van der Waals surface area contributed by atoms with Crippen molar-refractivity contribution in [3.8, 4) is 0 Å². The first kappa shape index (κ1) is 31.5. The summed E-state index contributed by atoms with van der Waals surface area (Å²) >= 11 is 0. The van der Waals surface area contributed by atoms with E-state index in [2.05, 4.69) is 0 Å². The van der Waals surface area contributed by atoms with Crippen LogP contribution < -0.4 is 10.2 Å². The van der Waals surface area contributed by atoms with Crippen molar-refractivity contribution in [3.05, 3.63) is 0 Å². The Morgan fingerprint density at radius 2 is 0.815 bits per heavy atom. The third-order valence-electron chi connectivity index (χ3n) is 2.99. The molecule has 0 aromatic rings. The predicted molar refractivity (Wildman–Crippen MR) is 78.0 cm³/mol. The zero-order chi connectivity index (χ0) is 21.2. The van der Waals surface area contributed by atoms with Gasteiger partial charge in [0.15, 0.2) is 0 Å². The Bertz CT molecular complexity index is 385. The average molecular weight is 430 g/mol. The molecule has 0 saturated carbocycles. The van der Waals surface area contributed by atoms with E-state index in [4.69, 9.17) is 51.1 Å². The standard InChI is InChI=1S/2C6H12O7.Ca/c2*7-1-2(8)3(9)4(10)5(11)6(12)13;/h2*2-5,7-11H,1H2,(H,12,13);/q;;+2/p-2/t2*2-,3+,4-,5+;/m11./s1. The summed E-state index contributed by atoms with van der Waals surface area (Å²) in [5.74, 6) is -3.95. The first-order chi connectivity index (χ1) is 11.8. The van der Waals surface area contributed by atoms with Crippen molar-refractivity contribution in [3.63, 3.8) is 0 Å². The van der Waals surface area contributed by atoms with Gasteiger partial charge in [0, 0.05) is 0 Å². The number of carboxylic acid groups (broad SMARTS) is 2. The monoisotopic (exact) mass is 430 g/mol. The molecule has 0 fully saturated rings. The van der Waals surface area contributed by atoms with E-state index in [1.165, 1.54) is 0 Å². The van der Waals surface area contributed by atoms with Gasteiger partial charge < -0.3 is 70.9 Å². The van der Waals surface area contributed by atoms with Crippen LogP contribution in [-0.4, -0.2) is 163 Å². The number of hydrogen-bond donors (Lipinski definition) is 10. The third kappa shape index (κ3) is 11.4. The molecule has 27 heavy (non-hydrogen) atoms. The zero-order valence-corrected chi connectivity index (χ0v) is 16.1. The van der Waals surface area contributed by atoms with E-state index in [1.807, 2.05) is 0 Å². The van der Waals surface area contributed by atoms with Gasteiger partial charge in [-0.05, 0) is 0 Å². The summed E-state index contributed by atoms with van der Waals surface area (Å²) in [5.41, 5.74) is 0. The topological polar surface area (TPSA) is 283 Å². The Kier molecular flexibility index (Phi) is 18.3. The molecule has 0 aromatic heterocycles. The minimum Gasteiger partial charge on any atom is -0.547 e. The van der Waals surface area contributed by atoms with E-state index in [0.717, 1.165) is 0 Å². The number of carbonyl (C=O) groups excluding carboxylic acids is 2. The van der Waals surface area contributed by atoms with Gasteiger partial charge >= 0.3 is 37.7 Å². The fourth-order valence-electron chi connectivity index (χ4n) is 1.32. The number of aliphatic hydroxyl groups is 10. The molecule has 14 nitrogen and oxygen atoms in total. The second-order valence-electron chi connectivity index (χ2n) is 4.99. The van der Waals surface area contributed by atoms with E-state index in [9.17, 15) is 19.8 Å². The van der Waals surface area contributed by atoms with Crippen molar-refractivity contribution in [2.75, 3.05) is 13.2 Å². The van der Waals surface area contributed by atoms with Crippen molar-refractivity contribution in [2.24, 2.45) is 0 Å². The van der Waals surface area contributed by atoms with Crippen LogP contribution >= 0.6 is 0 Å². The van der Waals surface area contributed by atoms with E-state index in [0.29, 0.717) is 0 Å². The first-order valence-electron chi connectivity index (χ1n) is 6.91. The number of hydrogen-bond acceptors (Lipinski definition) is 14. The summed E-state index contributed by atoms with van der Waals surface area (Å²) in [6, 6.07) is 0. The molecule has 0 radical (unpaired) electrons. The molecular weight excluding hydrogens is 408 g/mol. The quantitative estimate of drug-likeness (QED) is 0.144. The van der Waals surface area contributed by atoms with Crippen LogP contribution in [0.3, 0.4) is 0 Å². The second-order valence-corrected chi connectivity index (χ2v) is 4.99. The van der Waals surface area contributed by atoms with Gasteiger partial charge in [-0.25, -0.2) is 0 Å². The molecule has 156 valence electrons. The van der Waals surface area contributed by atoms with Gasteiger partial charge in [-0.1, -0.05) is 0 Å². The molecule has 0 heterocycles. The smallest absolute Gasteiger partial charge is 0.547 e. The van der Waals surface area contributed by atoms with Crippen LogP contribution in [-0.2, 0) is 9.59 Å². The fourth-order valence-corrected chi connectivity index (χ4v) is 1.32. The number of aliphatic carboxylic acids is 2. The van der Waals surface area contributed by atoms with Crippen molar-refractivity contribution in [1.29, 1.82) is 0 Å².